The normalized spacial score (nSPS) is 17.8. The number of unbranched alkanes of at least 4 members (excludes halogenated alkanes) is 1. The molecular weight excluding hydrogens is 879 g/mol. The summed E-state index contributed by atoms with van der Waals surface area (Å²) in [5.41, 5.74) is 8.36. The van der Waals surface area contributed by atoms with Gasteiger partial charge in [-0.2, -0.15) is 0 Å². The summed E-state index contributed by atoms with van der Waals surface area (Å²) in [6.45, 7) is 3.53. The standard InChI is InChI=1S/C48H65N9O11/c1-33-23-45(62)57(48(33)65)27-35-10-14-37(15-11-35)46(63)51-26-40-28-56(55-54-40)20-22-66-21-19-50-43(60)30-67-31-44(61)53-41(24-34-7-3-2-4-8-34)42(59)25-38(9-5-6-18-49)47(64)52-39-16-12-36(13-17-39)29-68-32-58/h2-4,7-8,12-13,16-17,28,32-33,35,37-38,41H,5-6,9-11,14-15,18-27,29-31,49H2,1H3,(H,50,60)(H,51,63)(H,52,64)(H,53,61). The van der Waals surface area contributed by atoms with Crippen molar-refractivity contribution in [1.82, 2.24) is 35.8 Å². The molecule has 1 aliphatic carbocycles. The number of nitrogens with two attached hydrogens (primary N) is 1. The maximum Gasteiger partial charge on any atom is 0.293 e. The number of hydrogen-bond acceptors (Lipinski definition) is 14. The number of nitrogens with one attached hydrogen (secondary N) is 4. The van der Waals surface area contributed by atoms with Crippen LogP contribution in [0.25, 0.3) is 0 Å². The van der Waals surface area contributed by atoms with Gasteiger partial charge in [-0.25, -0.2) is 4.68 Å². The van der Waals surface area contributed by atoms with Crippen LogP contribution < -0.4 is 27.0 Å². The van der Waals surface area contributed by atoms with E-state index in [-0.39, 0.29) is 99.3 Å². The van der Waals surface area contributed by atoms with Crippen molar-refractivity contribution < 1.29 is 52.6 Å². The summed E-state index contributed by atoms with van der Waals surface area (Å²) in [6.07, 6.45) is 6.69. The van der Waals surface area contributed by atoms with Crippen molar-refractivity contribution in [3.05, 3.63) is 77.6 Å². The summed E-state index contributed by atoms with van der Waals surface area (Å²) in [5.74, 6) is -2.88. The lowest BCUT2D eigenvalue weighted by Gasteiger charge is -2.30. The van der Waals surface area contributed by atoms with Gasteiger partial charge < -0.3 is 41.2 Å². The van der Waals surface area contributed by atoms with E-state index in [9.17, 15) is 38.4 Å². The molecule has 0 spiro atoms. The minimum absolute atomic E-state index is 0.0532. The number of carbonyl (C=O) groups is 8. The monoisotopic (exact) mass is 943 g/mol. The number of benzene rings is 2. The van der Waals surface area contributed by atoms with E-state index < -0.39 is 37.0 Å². The number of carbonyl (C=O) groups excluding carboxylic acids is 8. The zero-order valence-electron chi connectivity index (χ0n) is 38.7. The lowest BCUT2D eigenvalue weighted by molar-refractivity contribution is -0.140. The number of aromatic nitrogens is 3. The quantitative estimate of drug-likeness (QED) is 0.0364. The minimum Gasteiger partial charge on any atom is -0.463 e. The zero-order chi connectivity index (χ0) is 48.7. The number of ether oxygens (including phenoxy) is 3. The van der Waals surface area contributed by atoms with Crippen LogP contribution in [0.1, 0.15) is 81.5 Å². The van der Waals surface area contributed by atoms with Gasteiger partial charge in [-0.15, -0.1) is 5.10 Å². The number of amides is 6. The van der Waals surface area contributed by atoms with E-state index >= 15 is 0 Å². The molecule has 2 aliphatic rings. The predicted molar refractivity (Wildman–Crippen MR) is 246 cm³/mol. The molecule has 1 saturated carbocycles. The van der Waals surface area contributed by atoms with E-state index in [1.807, 2.05) is 30.3 Å². The molecule has 2 aromatic carbocycles. The first-order valence-corrected chi connectivity index (χ1v) is 23.4. The molecule has 0 radical (unpaired) electrons. The Kier molecular flexibility index (Phi) is 21.7. The maximum absolute atomic E-state index is 13.8. The SMILES string of the molecule is CC1CC(=O)N(CC2CCC(C(=O)NCc3cn(CCOCCNC(=O)COCC(=O)NC(Cc4ccccc4)C(=O)CC(CCCCN)C(=O)Nc4ccc(COC=O)cc4)nn3)CC2)C1=O. The summed E-state index contributed by atoms with van der Waals surface area (Å²) in [7, 11) is 0. The van der Waals surface area contributed by atoms with Crippen molar-refractivity contribution in [2.75, 3.05) is 51.4 Å². The molecule has 6 N–H and O–H groups in total. The third kappa shape index (κ3) is 17.7. The van der Waals surface area contributed by atoms with Crippen molar-refractivity contribution in [3.63, 3.8) is 0 Å². The van der Waals surface area contributed by atoms with Gasteiger partial charge in [0, 0.05) is 49.4 Å². The lowest BCUT2D eigenvalue weighted by atomic mass is 9.81. The van der Waals surface area contributed by atoms with Gasteiger partial charge in [0.05, 0.1) is 38.5 Å². The van der Waals surface area contributed by atoms with Crippen LogP contribution in [0.3, 0.4) is 0 Å². The van der Waals surface area contributed by atoms with Gasteiger partial charge in [-0.05, 0) is 80.7 Å². The molecule has 68 heavy (non-hydrogen) atoms. The number of anilines is 1. The van der Waals surface area contributed by atoms with Crippen LogP contribution in [0.4, 0.5) is 5.69 Å². The van der Waals surface area contributed by atoms with E-state index in [1.54, 1.807) is 42.1 Å². The van der Waals surface area contributed by atoms with Crippen LogP contribution in [-0.4, -0.2) is 120 Å². The summed E-state index contributed by atoms with van der Waals surface area (Å²) in [5, 5.41) is 19.4. The van der Waals surface area contributed by atoms with Crippen LogP contribution in [0, 0.1) is 23.7 Å². The van der Waals surface area contributed by atoms with Crippen LogP contribution in [-0.2, 0) is 78.7 Å². The molecule has 1 aliphatic heterocycles. The highest BCUT2D eigenvalue weighted by atomic mass is 16.5. The molecule has 0 bridgehead atoms. The van der Waals surface area contributed by atoms with Gasteiger partial charge in [-0.1, -0.05) is 61.0 Å². The second-order valence-corrected chi connectivity index (χ2v) is 17.4. The molecule has 5 rings (SSSR count). The second kappa shape index (κ2) is 28.1. The van der Waals surface area contributed by atoms with Crippen molar-refractivity contribution in [3.8, 4) is 0 Å². The Balaban J connectivity index is 0.961. The summed E-state index contributed by atoms with van der Waals surface area (Å²) < 4.78 is 17.4. The lowest BCUT2D eigenvalue weighted by Crippen LogP contribution is -2.45. The molecule has 2 heterocycles. The molecule has 3 unspecified atom stereocenters. The first-order chi connectivity index (χ1) is 32.9. The average Bonchev–Trinajstić information content (AvgIpc) is 3.89. The van der Waals surface area contributed by atoms with E-state index in [4.69, 9.17) is 19.9 Å². The number of hydrogen-bond donors (Lipinski definition) is 5. The van der Waals surface area contributed by atoms with Gasteiger partial charge in [-0.3, -0.25) is 43.3 Å². The highest BCUT2D eigenvalue weighted by Gasteiger charge is 2.38. The molecule has 2 fully saturated rings. The van der Waals surface area contributed by atoms with Crippen molar-refractivity contribution >= 4 is 53.4 Å². The fourth-order valence-electron chi connectivity index (χ4n) is 8.20. The fraction of sp³-hybridized carbons (Fsp3) is 0.542. The molecule has 6 amide bonds. The third-order valence-electron chi connectivity index (χ3n) is 12.0. The molecule has 3 aromatic rings. The number of imide groups is 1. The van der Waals surface area contributed by atoms with Gasteiger partial charge in [0.15, 0.2) is 5.78 Å². The van der Waals surface area contributed by atoms with Crippen LogP contribution >= 0.6 is 0 Å². The number of Topliss-reactive ketones (excluding diaryl/α,β-unsaturated/α-hetero) is 1. The Morgan fingerprint density at radius 2 is 1.65 bits per heavy atom. The Bertz CT molecular complexity index is 2130. The Hall–Kier alpha value is -6.38. The Morgan fingerprint density at radius 3 is 2.35 bits per heavy atom. The summed E-state index contributed by atoms with van der Waals surface area (Å²) in [4.78, 5) is 102. The van der Waals surface area contributed by atoms with E-state index in [0.717, 1.165) is 24.0 Å². The Morgan fingerprint density at radius 1 is 0.897 bits per heavy atom. The molecule has 20 nitrogen and oxygen atoms in total. The van der Waals surface area contributed by atoms with Gasteiger partial charge >= 0.3 is 0 Å². The molecule has 1 saturated heterocycles. The first kappa shape index (κ1) is 52.6. The van der Waals surface area contributed by atoms with Crippen molar-refractivity contribution in [1.29, 1.82) is 0 Å². The largest absolute Gasteiger partial charge is 0.463 e. The molecular formula is C48H65N9O11. The van der Waals surface area contributed by atoms with Crippen LogP contribution in [0.15, 0.2) is 60.8 Å². The van der Waals surface area contributed by atoms with Gasteiger partial charge in [0.2, 0.25) is 35.4 Å². The smallest absolute Gasteiger partial charge is 0.293 e. The Labute approximate surface area is 396 Å². The summed E-state index contributed by atoms with van der Waals surface area (Å²) >= 11 is 0. The third-order valence-corrected chi connectivity index (χ3v) is 12.0. The molecule has 20 heteroatoms. The van der Waals surface area contributed by atoms with Crippen LogP contribution in [0.5, 0.6) is 0 Å². The minimum atomic E-state index is -0.965. The molecule has 3 atom stereocenters. The van der Waals surface area contributed by atoms with E-state index in [2.05, 4.69) is 31.6 Å². The topological polar surface area (TPSA) is 272 Å². The van der Waals surface area contributed by atoms with E-state index in [0.29, 0.717) is 69.6 Å². The number of nitrogens with zero attached hydrogens (tertiary/aromatic N) is 4. The fourth-order valence-corrected chi connectivity index (χ4v) is 8.20. The van der Waals surface area contributed by atoms with Gasteiger partial charge in [0.25, 0.3) is 6.47 Å². The zero-order valence-corrected chi connectivity index (χ0v) is 38.7. The summed E-state index contributed by atoms with van der Waals surface area (Å²) in [6, 6.07) is 15.0. The highest BCUT2D eigenvalue weighted by molar-refractivity contribution is 6.03. The highest BCUT2D eigenvalue weighted by Crippen LogP contribution is 2.31. The second-order valence-electron chi connectivity index (χ2n) is 17.4. The van der Waals surface area contributed by atoms with Gasteiger partial charge in [0.1, 0.15) is 25.5 Å². The number of likely N-dealkylation sites (tertiary alicyclic amines) is 1. The maximum atomic E-state index is 13.8. The number of rotatable bonds is 30. The van der Waals surface area contributed by atoms with Crippen molar-refractivity contribution in [2.45, 2.75) is 96.9 Å². The average molecular weight is 944 g/mol. The van der Waals surface area contributed by atoms with Crippen molar-refractivity contribution in [2.24, 2.45) is 29.4 Å². The first-order valence-electron chi connectivity index (χ1n) is 23.4. The van der Waals surface area contributed by atoms with Crippen LogP contribution in [0.2, 0.25) is 0 Å². The predicted octanol–water partition coefficient (Wildman–Crippen LogP) is 1.99. The molecule has 1 aromatic heterocycles. The number of ketones is 1. The van der Waals surface area contributed by atoms with E-state index in [1.165, 1.54) is 4.90 Å². The molecule has 368 valence electrons.